The fraction of sp³-hybridized carbons (Fsp3) is 0.250. The van der Waals surface area contributed by atoms with Gasteiger partial charge in [-0.25, -0.2) is 0 Å². The van der Waals surface area contributed by atoms with Gasteiger partial charge in [0.15, 0.2) is 0 Å². The van der Waals surface area contributed by atoms with Crippen molar-refractivity contribution < 1.29 is 9.84 Å². The molecular formula is C16H17Cl2NO2. The summed E-state index contributed by atoms with van der Waals surface area (Å²) in [5.41, 5.74) is 1.77. The molecule has 2 aromatic rings. The molecule has 0 bridgehead atoms. The van der Waals surface area contributed by atoms with E-state index in [1.807, 2.05) is 31.2 Å². The highest BCUT2D eigenvalue weighted by Crippen LogP contribution is 2.27. The number of phenolic OH excluding ortho intramolecular Hbond substituents is 1. The standard InChI is InChI=1S/C16H17Cl2NO2/c1-10(14-6-4-12(17)7-15(14)18)19-9-11-3-5-13(21-2)8-16(11)20/h3-8,10,19-20H,9H2,1-2H3. The fourth-order valence-corrected chi connectivity index (χ4v) is 2.62. The summed E-state index contributed by atoms with van der Waals surface area (Å²) in [6.45, 7) is 2.53. The lowest BCUT2D eigenvalue weighted by Crippen LogP contribution is -2.18. The van der Waals surface area contributed by atoms with Crippen LogP contribution in [0.1, 0.15) is 24.1 Å². The van der Waals surface area contributed by atoms with Crippen molar-refractivity contribution in [3.63, 3.8) is 0 Å². The Kier molecular flexibility index (Phi) is 5.34. The predicted octanol–water partition coefficient (Wildman–Crippen LogP) is 4.56. The normalized spacial score (nSPS) is 12.2. The highest BCUT2D eigenvalue weighted by atomic mass is 35.5. The first kappa shape index (κ1) is 16.0. The van der Waals surface area contributed by atoms with Crippen molar-refractivity contribution in [1.29, 1.82) is 0 Å². The van der Waals surface area contributed by atoms with Crippen LogP contribution in [0, 0.1) is 0 Å². The van der Waals surface area contributed by atoms with Gasteiger partial charge in [-0.05, 0) is 30.7 Å². The molecule has 0 fully saturated rings. The van der Waals surface area contributed by atoms with Crippen molar-refractivity contribution in [3.8, 4) is 11.5 Å². The maximum absolute atomic E-state index is 9.93. The van der Waals surface area contributed by atoms with Gasteiger partial charge in [-0.15, -0.1) is 0 Å². The quantitative estimate of drug-likeness (QED) is 0.846. The van der Waals surface area contributed by atoms with Crippen molar-refractivity contribution in [1.82, 2.24) is 5.32 Å². The summed E-state index contributed by atoms with van der Waals surface area (Å²) in [4.78, 5) is 0. The fourth-order valence-electron chi connectivity index (χ4n) is 2.05. The van der Waals surface area contributed by atoms with Crippen LogP contribution in [0.2, 0.25) is 10.0 Å². The van der Waals surface area contributed by atoms with E-state index in [1.165, 1.54) is 0 Å². The van der Waals surface area contributed by atoms with E-state index in [9.17, 15) is 5.11 Å². The van der Waals surface area contributed by atoms with Crippen LogP contribution in [0.15, 0.2) is 36.4 Å². The van der Waals surface area contributed by atoms with Crippen LogP contribution in [-0.4, -0.2) is 12.2 Å². The number of rotatable bonds is 5. The number of hydrogen-bond acceptors (Lipinski definition) is 3. The molecule has 0 saturated heterocycles. The van der Waals surface area contributed by atoms with E-state index in [0.717, 1.165) is 11.1 Å². The van der Waals surface area contributed by atoms with E-state index >= 15 is 0 Å². The Morgan fingerprint density at radius 3 is 2.57 bits per heavy atom. The first-order valence-corrected chi connectivity index (χ1v) is 7.31. The summed E-state index contributed by atoms with van der Waals surface area (Å²) in [5.74, 6) is 0.835. The first-order chi connectivity index (χ1) is 10.0. The van der Waals surface area contributed by atoms with Gasteiger partial charge in [0, 0.05) is 34.3 Å². The summed E-state index contributed by atoms with van der Waals surface area (Å²) >= 11 is 12.1. The molecule has 0 aromatic heterocycles. The Balaban J connectivity index is 2.05. The molecule has 0 aliphatic heterocycles. The van der Waals surface area contributed by atoms with E-state index in [1.54, 1.807) is 19.2 Å². The third-order valence-electron chi connectivity index (χ3n) is 3.32. The molecule has 2 aromatic carbocycles. The number of aromatic hydroxyl groups is 1. The molecule has 5 heteroatoms. The van der Waals surface area contributed by atoms with Crippen molar-refractivity contribution in [2.75, 3.05) is 7.11 Å². The Hall–Kier alpha value is -1.42. The lowest BCUT2D eigenvalue weighted by atomic mass is 10.1. The molecular weight excluding hydrogens is 309 g/mol. The van der Waals surface area contributed by atoms with Crippen molar-refractivity contribution >= 4 is 23.2 Å². The first-order valence-electron chi connectivity index (χ1n) is 6.55. The molecule has 0 radical (unpaired) electrons. The van der Waals surface area contributed by atoms with Crippen LogP contribution < -0.4 is 10.1 Å². The molecule has 0 aliphatic rings. The zero-order valence-corrected chi connectivity index (χ0v) is 13.4. The molecule has 2 N–H and O–H groups in total. The van der Waals surface area contributed by atoms with Gasteiger partial charge in [0.05, 0.1) is 7.11 Å². The number of hydrogen-bond donors (Lipinski definition) is 2. The molecule has 0 heterocycles. The second-order valence-corrected chi connectivity index (χ2v) is 5.61. The van der Waals surface area contributed by atoms with Crippen molar-refractivity contribution in [2.45, 2.75) is 19.5 Å². The average Bonchev–Trinajstić information content (AvgIpc) is 2.45. The molecule has 1 unspecified atom stereocenters. The third kappa shape index (κ3) is 4.03. The summed E-state index contributed by atoms with van der Waals surface area (Å²) in [6.07, 6.45) is 0. The summed E-state index contributed by atoms with van der Waals surface area (Å²) < 4.78 is 5.06. The second-order valence-electron chi connectivity index (χ2n) is 4.76. The third-order valence-corrected chi connectivity index (χ3v) is 3.88. The predicted molar refractivity (Wildman–Crippen MR) is 86.4 cm³/mol. The highest BCUT2D eigenvalue weighted by Gasteiger charge is 2.11. The van der Waals surface area contributed by atoms with E-state index in [0.29, 0.717) is 22.3 Å². The van der Waals surface area contributed by atoms with Gasteiger partial charge >= 0.3 is 0 Å². The Morgan fingerprint density at radius 1 is 1.19 bits per heavy atom. The van der Waals surface area contributed by atoms with Crippen LogP contribution in [0.4, 0.5) is 0 Å². The van der Waals surface area contributed by atoms with E-state index in [2.05, 4.69) is 5.32 Å². The molecule has 1 atom stereocenters. The van der Waals surface area contributed by atoms with Crippen LogP contribution in [0.5, 0.6) is 11.5 Å². The number of ether oxygens (including phenoxy) is 1. The summed E-state index contributed by atoms with van der Waals surface area (Å²) in [6, 6.07) is 10.7. The van der Waals surface area contributed by atoms with Crippen molar-refractivity contribution in [3.05, 3.63) is 57.6 Å². The van der Waals surface area contributed by atoms with Gasteiger partial charge in [0.2, 0.25) is 0 Å². The minimum Gasteiger partial charge on any atom is -0.507 e. The molecule has 0 saturated carbocycles. The average molecular weight is 326 g/mol. The van der Waals surface area contributed by atoms with Gasteiger partial charge in [-0.2, -0.15) is 0 Å². The maximum Gasteiger partial charge on any atom is 0.123 e. The Labute approximate surface area is 134 Å². The lowest BCUT2D eigenvalue weighted by molar-refractivity contribution is 0.405. The number of nitrogens with one attached hydrogen (secondary N) is 1. The number of phenols is 1. The van der Waals surface area contributed by atoms with Crippen LogP contribution in [0.3, 0.4) is 0 Å². The number of halogens is 2. The summed E-state index contributed by atoms with van der Waals surface area (Å²) in [7, 11) is 1.57. The van der Waals surface area contributed by atoms with Crippen LogP contribution >= 0.6 is 23.2 Å². The Bertz CT molecular complexity index is 632. The molecule has 0 aliphatic carbocycles. The number of benzene rings is 2. The molecule has 0 spiro atoms. The largest absolute Gasteiger partial charge is 0.507 e. The minimum absolute atomic E-state index is 0.0382. The highest BCUT2D eigenvalue weighted by molar-refractivity contribution is 6.35. The van der Waals surface area contributed by atoms with Gasteiger partial charge in [0.1, 0.15) is 11.5 Å². The lowest BCUT2D eigenvalue weighted by Gasteiger charge is -2.16. The van der Waals surface area contributed by atoms with Crippen molar-refractivity contribution in [2.24, 2.45) is 0 Å². The molecule has 112 valence electrons. The maximum atomic E-state index is 9.93. The zero-order chi connectivity index (χ0) is 15.4. The van der Waals surface area contributed by atoms with Crippen LogP contribution in [0.25, 0.3) is 0 Å². The second kappa shape index (κ2) is 7.03. The van der Waals surface area contributed by atoms with Gasteiger partial charge in [-0.3, -0.25) is 0 Å². The monoisotopic (exact) mass is 325 g/mol. The van der Waals surface area contributed by atoms with Gasteiger partial charge in [0.25, 0.3) is 0 Å². The number of methoxy groups -OCH3 is 1. The topological polar surface area (TPSA) is 41.5 Å². The smallest absolute Gasteiger partial charge is 0.123 e. The molecule has 3 nitrogen and oxygen atoms in total. The molecule has 2 rings (SSSR count). The molecule has 21 heavy (non-hydrogen) atoms. The van der Waals surface area contributed by atoms with Crippen LogP contribution in [-0.2, 0) is 6.54 Å². The summed E-state index contributed by atoms with van der Waals surface area (Å²) in [5, 5.41) is 14.5. The zero-order valence-electron chi connectivity index (χ0n) is 11.9. The Morgan fingerprint density at radius 2 is 1.95 bits per heavy atom. The van der Waals surface area contributed by atoms with E-state index in [-0.39, 0.29) is 11.8 Å². The minimum atomic E-state index is 0.0382. The van der Waals surface area contributed by atoms with E-state index in [4.69, 9.17) is 27.9 Å². The van der Waals surface area contributed by atoms with Gasteiger partial charge in [-0.1, -0.05) is 35.3 Å². The van der Waals surface area contributed by atoms with E-state index < -0.39 is 0 Å². The SMILES string of the molecule is COc1ccc(CNC(C)c2ccc(Cl)cc2Cl)c(O)c1. The molecule has 0 amide bonds. The van der Waals surface area contributed by atoms with Gasteiger partial charge < -0.3 is 15.2 Å².